The fraction of sp³-hybridized carbons (Fsp3) is 0.429. The fourth-order valence-electron chi connectivity index (χ4n) is 2.07. The van der Waals surface area contributed by atoms with Crippen molar-refractivity contribution < 1.29 is 13.9 Å². The Labute approximate surface area is 111 Å². The molecule has 1 amide bonds. The maximum absolute atomic E-state index is 12.9. The first-order valence-corrected chi connectivity index (χ1v) is 6.25. The molecule has 0 aliphatic carbocycles. The molecule has 0 radical (unpaired) electrons. The van der Waals surface area contributed by atoms with Crippen LogP contribution in [-0.4, -0.2) is 30.5 Å². The lowest BCUT2D eigenvalue weighted by Crippen LogP contribution is -2.41. The molecule has 1 atom stereocenters. The molecule has 1 heterocycles. The normalized spacial score (nSPS) is 19.1. The van der Waals surface area contributed by atoms with Gasteiger partial charge in [0.25, 0.3) is 0 Å². The quantitative estimate of drug-likeness (QED) is 0.833. The van der Waals surface area contributed by atoms with Crippen LogP contribution in [0, 0.1) is 23.1 Å². The number of halogens is 1. The molecule has 19 heavy (non-hydrogen) atoms. The number of rotatable bonds is 4. The average molecular weight is 262 g/mol. The minimum Gasteiger partial charge on any atom is -0.492 e. The van der Waals surface area contributed by atoms with Crippen molar-refractivity contribution in [1.29, 1.82) is 5.26 Å². The molecular formula is C14H15FN2O2. The smallest absolute Gasteiger partial charge is 0.222 e. The van der Waals surface area contributed by atoms with Crippen LogP contribution in [0.25, 0.3) is 0 Å². The van der Waals surface area contributed by atoms with Gasteiger partial charge in [0.2, 0.25) is 5.91 Å². The molecule has 0 bridgehead atoms. The van der Waals surface area contributed by atoms with Crippen LogP contribution >= 0.6 is 0 Å². The number of hydrogen-bond donors (Lipinski definition) is 0. The Morgan fingerprint density at radius 3 is 3.11 bits per heavy atom. The first-order chi connectivity index (χ1) is 9.19. The van der Waals surface area contributed by atoms with Gasteiger partial charge in [-0.25, -0.2) is 4.39 Å². The van der Waals surface area contributed by atoms with Crippen molar-refractivity contribution in [3.05, 3.63) is 30.1 Å². The third-order valence-corrected chi connectivity index (χ3v) is 3.11. The number of likely N-dealkylation sites (tertiary alicyclic amines) is 1. The molecule has 1 aliphatic heterocycles. The van der Waals surface area contributed by atoms with E-state index in [0.29, 0.717) is 38.3 Å². The molecule has 4 nitrogen and oxygen atoms in total. The summed E-state index contributed by atoms with van der Waals surface area (Å²) in [6.07, 6.45) is 1.05. The van der Waals surface area contributed by atoms with Gasteiger partial charge in [-0.05, 0) is 18.6 Å². The highest BCUT2D eigenvalue weighted by atomic mass is 19.1. The van der Waals surface area contributed by atoms with Crippen LogP contribution in [0.5, 0.6) is 5.75 Å². The average Bonchev–Trinajstić information content (AvgIpc) is 2.41. The van der Waals surface area contributed by atoms with Gasteiger partial charge in [-0.15, -0.1) is 0 Å². The summed E-state index contributed by atoms with van der Waals surface area (Å²) < 4.78 is 18.3. The Kier molecular flexibility index (Phi) is 4.35. The van der Waals surface area contributed by atoms with Gasteiger partial charge in [0.05, 0.1) is 18.5 Å². The van der Waals surface area contributed by atoms with Crippen molar-refractivity contribution in [2.24, 2.45) is 5.92 Å². The predicted octanol–water partition coefficient (Wildman–Crippen LogP) is 1.97. The zero-order valence-corrected chi connectivity index (χ0v) is 10.5. The van der Waals surface area contributed by atoms with Crippen LogP contribution < -0.4 is 4.74 Å². The van der Waals surface area contributed by atoms with Crippen molar-refractivity contribution in [2.45, 2.75) is 12.8 Å². The van der Waals surface area contributed by atoms with E-state index in [1.165, 1.54) is 12.1 Å². The largest absolute Gasteiger partial charge is 0.492 e. The summed E-state index contributed by atoms with van der Waals surface area (Å²) in [6.45, 7) is 1.18. The molecule has 1 aliphatic rings. The van der Waals surface area contributed by atoms with Gasteiger partial charge in [-0.3, -0.25) is 4.79 Å². The maximum atomic E-state index is 12.9. The summed E-state index contributed by atoms with van der Waals surface area (Å²) >= 11 is 0. The molecule has 0 spiro atoms. The number of nitrogens with zero attached hydrogens (tertiary/aromatic N) is 2. The van der Waals surface area contributed by atoms with Gasteiger partial charge < -0.3 is 9.64 Å². The Balaban J connectivity index is 1.82. The van der Waals surface area contributed by atoms with Crippen LogP contribution in [0.2, 0.25) is 0 Å². The van der Waals surface area contributed by atoms with E-state index in [1.807, 2.05) is 0 Å². The van der Waals surface area contributed by atoms with Crippen LogP contribution in [0.3, 0.4) is 0 Å². The van der Waals surface area contributed by atoms with Crippen LogP contribution in [0.1, 0.15) is 12.8 Å². The lowest BCUT2D eigenvalue weighted by atomic mass is 9.99. The molecule has 5 heteroatoms. The van der Waals surface area contributed by atoms with E-state index in [0.717, 1.165) is 0 Å². The van der Waals surface area contributed by atoms with Gasteiger partial charge in [0, 0.05) is 19.0 Å². The number of benzene rings is 1. The number of nitriles is 1. The van der Waals surface area contributed by atoms with Gasteiger partial charge in [-0.1, -0.05) is 6.07 Å². The molecule has 1 fully saturated rings. The van der Waals surface area contributed by atoms with E-state index in [-0.39, 0.29) is 17.6 Å². The Hall–Kier alpha value is -2.09. The number of piperidine rings is 1. The van der Waals surface area contributed by atoms with Crippen LogP contribution in [0.4, 0.5) is 4.39 Å². The Morgan fingerprint density at radius 2 is 2.37 bits per heavy atom. The van der Waals surface area contributed by atoms with Crippen LogP contribution in [0.15, 0.2) is 24.3 Å². The third-order valence-electron chi connectivity index (χ3n) is 3.11. The molecule has 1 saturated heterocycles. The second-order valence-corrected chi connectivity index (χ2v) is 4.51. The van der Waals surface area contributed by atoms with Crippen molar-refractivity contribution >= 4 is 5.91 Å². The fourth-order valence-corrected chi connectivity index (χ4v) is 2.07. The minimum absolute atomic E-state index is 0.0503. The van der Waals surface area contributed by atoms with Crippen molar-refractivity contribution in [2.75, 3.05) is 19.7 Å². The number of hydrogen-bond acceptors (Lipinski definition) is 3. The van der Waals surface area contributed by atoms with Gasteiger partial charge in [0.1, 0.15) is 18.2 Å². The molecule has 0 saturated carbocycles. The number of carbonyl (C=O) groups is 1. The maximum Gasteiger partial charge on any atom is 0.222 e. The molecule has 1 unspecified atom stereocenters. The second-order valence-electron chi connectivity index (χ2n) is 4.51. The van der Waals surface area contributed by atoms with Crippen molar-refractivity contribution in [1.82, 2.24) is 4.90 Å². The van der Waals surface area contributed by atoms with E-state index in [1.54, 1.807) is 17.0 Å². The Bertz CT molecular complexity index is 498. The zero-order valence-electron chi connectivity index (χ0n) is 10.5. The van der Waals surface area contributed by atoms with E-state index in [2.05, 4.69) is 6.07 Å². The first kappa shape index (κ1) is 13.3. The highest BCUT2D eigenvalue weighted by molar-refractivity contribution is 5.77. The molecule has 0 aromatic heterocycles. The number of carbonyl (C=O) groups excluding carboxylic acids is 1. The molecule has 1 aromatic rings. The molecule has 2 rings (SSSR count). The van der Waals surface area contributed by atoms with Crippen molar-refractivity contribution in [3.8, 4) is 11.8 Å². The topological polar surface area (TPSA) is 53.3 Å². The molecule has 1 aromatic carbocycles. The number of amides is 1. The minimum atomic E-state index is -0.351. The SMILES string of the molecule is N#CC1CCC(=O)N(CCOc2cccc(F)c2)C1. The monoisotopic (exact) mass is 262 g/mol. The van der Waals surface area contributed by atoms with E-state index in [4.69, 9.17) is 10.00 Å². The van der Waals surface area contributed by atoms with E-state index < -0.39 is 0 Å². The lowest BCUT2D eigenvalue weighted by molar-refractivity contribution is -0.134. The second kappa shape index (κ2) is 6.19. The predicted molar refractivity (Wildman–Crippen MR) is 66.8 cm³/mol. The van der Waals surface area contributed by atoms with Gasteiger partial charge in [-0.2, -0.15) is 5.26 Å². The lowest BCUT2D eigenvalue weighted by Gasteiger charge is -2.29. The summed E-state index contributed by atoms with van der Waals surface area (Å²) in [5, 5.41) is 8.87. The summed E-state index contributed by atoms with van der Waals surface area (Å²) in [5.74, 6) is 0.0543. The zero-order chi connectivity index (χ0) is 13.7. The number of ether oxygens (including phenoxy) is 1. The first-order valence-electron chi connectivity index (χ1n) is 6.25. The van der Waals surface area contributed by atoms with Crippen molar-refractivity contribution in [3.63, 3.8) is 0 Å². The van der Waals surface area contributed by atoms with E-state index in [9.17, 15) is 9.18 Å². The standard InChI is InChI=1S/C14H15FN2O2/c15-12-2-1-3-13(8-12)19-7-6-17-10-11(9-16)4-5-14(17)18/h1-3,8,11H,4-7,10H2. The van der Waals surface area contributed by atoms with Gasteiger partial charge >= 0.3 is 0 Å². The van der Waals surface area contributed by atoms with E-state index >= 15 is 0 Å². The summed E-state index contributed by atoms with van der Waals surface area (Å²) in [4.78, 5) is 13.3. The summed E-state index contributed by atoms with van der Waals surface area (Å²) in [7, 11) is 0. The third kappa shape index (κ3) is 3.68. The van der Waals surface area contributed by atoms with Gasteiger partial charge in [0.15, 0.2) is 0 Å². The highest BCUT2D eigenvalue weighted by Crippen LogP contribution is 2.17. The summed E-state index contributed by atoms with van der Waals surface area (Å²) in [6, 6.07) is 8.07. The Morgan fingerprint density at radius 1 is 1.53 bits per heavy atom. The summed E-state index contributed by atoms with van der Waals surface area (Å²) in [5.41, 5.74) is 0. The highest BCUT2D eigenvalue weighted by Gasteiger charge is 2.25. The molecular weight excluding hydrogens is 247 g/mol. The molecule has 100 valence electrons. The van der Waals surface area contributed by atoms with Crippen LogP contribution in [-0.2, 0) is 4.79 Å². The molecule has 0 N–H and O–H groups in total.